The van der Waals surface area contributed by atoms with E-state index in [4.69, 9.17) is 0 Å². The van der Waals surface area contributed by atoms with Crippen LogP contribution in [-0.4, -0.2) is 17.7 Å². The summed E-state index contributed by atoms with van der Waals surface area (Å²) in [6, 6.07) is 6.32. The van der Waals surface area contributed by atoms with E-state index in [-0.39, 0.29) is 11.8 Å². The van der Waals surface area contributed by atoms with E-state index >= 15 is 0 Å². The van der Waals surface area contributed by atoms with Crippen molar-refractivity contribution in [2.24, 2.45) is 0 Å². The number of anilines is 1. The summed E-state index contributed by atoms with van der Waals surface area (Å²) in [6.45, 7) is 3.00. The van der Waals surface area contributed by atoms with Gasteiger partial charge in [0.15, 0.2) is 0 Å². The van der Waals surface area contributed by atoms with Crippen molar-refractivity contribution in [3.63, 3.8) is 0 Å². The first-order valence-electron chi connectivity index (χ1n) is 13.6. The Balaban J connectivity index is 1.74. The Kier molecular flexibility index (Phi) is 18.7. The SMILES string of the molecule is CCCCCCCCCCCCCCCCCCCCCNC(=O)Nc1ccc(O)cc1. The maximum Gasteiger partial charge on any atom is 0.319 e. The van der Waals surface area contributed by atoms with Crippen molar-refractivity contribution in [3.05, 3.63) is 24.3 Å². The highest BCUT2D eigenvalue weighted by Crippen LogP contribution is 2.15. The van der Waals surface area contributed by atoms with Crippen molar-refractivity contribution in [3.8, 4) is 5.75 Å². The first kappa shape index (κ1) is 28.3. The maximum absolute atomic E-state index is 11.8. The molecule has 0 unspecified atom stereocenters. The van der Waals surface area contributed by atoms with Crippen molar-refractivity contribution in [1.82, 2.24) is 5.32 Å². The molecule has 0 aliphatic rings. The number of carbonyl (C=O) groups is 1. The number of hydrogen-bond acceptors (Lipinski definition) is 2. The number of hydrogen-bond donors (Lipinski definition) is 3. The fourth-order valence-electron chi connectivity index (χ4n) is 4.13. The summed E-state index contributed by atoms with van der Waals surface area (Å²) in [6.07, 6.45) is 26.1. The molecule has 32 heavy (non-hydrogen) atoms. The zero-order valence-corrected chi connectivity index (χ0v) is 20.8. The number of urea groups is 1. The molecule has 4 heteroatoms. The maximum atomic E-state index is 11.8. The van der Waals surface area contributed by atoms with Crippen LogP contribution in [0, 0.1) is 0 Å². The van der Waals surface area contributed by atoms with Gasteiger partial charge in [-0.25, -0.2) is 4.79 Å². The van der Waals surface area contributed by atoms with E-state index in [1.807, 2.05) is 0 Å². The molecule has 0 aliphatic carbocycles. The van der Waals surface area contributed by atoms with Gasteiger partial charge in [0.2, 0.25) is 0 Å². The van der Waals surface area contributed by atoms with E-state index in [0.717, 1.165) is 6.42 Å². The third-order valence-corrected chi connectivity index (χ3v) is 6.19. The summed E-state index contributed by atoms with van der Waals surface area (Å²) < 4.78 is 0. The highest BCUT2D eigenvalue weighted by Gasteiger charge is 2.01. The van der Waals surface area contributed by atoms with E-state index in [1.54, 1.807) is 24.3 Å². The van der Waals surface area contributed by atoms with Crippen LogP contribution in [0.1, 0.15) is 129 Å². The minimum absolute atomic E-state index is 0.182. The fraction of sp³-hybridized carbons (Fsp3) is 0.750. The summed E-state index contributed by atoms with van der Waals surface area (Å²) in [4.78, 5) is 11.8. The van der Waals surface area contributed by atoms with Crippen LogP contribution in [0.4, 0.5) is 10.5 Å². The van der Waals surface area contributed by atoms with Gasteiger partial charge >= 0.3 is 6.03 Å². The normalized spacial score (nSPS) is 10.9. The van der Waals surface area contributed by atoms with Crippen LogP contribution in [0.2, 0.25) is 0 Å². The standard InChI is InChI=1S/C28H50N2O2/c1-2-3-4-5-6-7-8-9-10-11-12-13-14-15-16-17-18-19-20-25-29-28(32)30-26-21-23-27(31)24-22-26/h21-24,31H,2-20,25H2,1H3,(H2,29,30,32). The molecule has 0 radical (unpaired) electrons. The molecule has 4 nitrogen and oxygen atoms in total. The molecule has 184 valence electrons. The molecule has 0 saturated carbocycles. The highest BCUT2D eigenvalue weighted by atomic mass is 16.3. The van der Waals surface area contributed by atoms with Crippen molar-refractivity contribution in [2.45, 2.75) is 129 Å². The Bertz CT molecular complexity index is 545. The van der Waals surface area contributed by atoms with Gasteiger partial charge in [0.25, 0.3) is 0 Å². The van der Waals surface area contributed by atoms with Gasteiger partial charge < -0.3 is 15.7 Å². The first-order chi connectivity index (χ1) is 15.7. The monoisotopic (exact) mass is 446 g/mol. The largest absolute Gasteiger partial charge is 0.508 e. The summed E-state index contributed by atoms with van der Waals surface area (Å²) in [5, 5.41) is 14.9. The van der Waals surface area contributed by atoms with E-state index < -0.39 is 0 Å². The second-order valence-corrected chi connectivity index (χ2v) is 9.29. The van der Waals surface area contributed by atoms with Gasteiger partial charge in [0, 0.05) is 12.2 Å². The third-order valence-electron chi connectivity index (χ3n) is 6.19. The molecule has 2 amide bonds. The van der Waals surface area contributed by atoms with Crippen LogP contribution in [-0.2, 0) is 0 Å². The molecule has 0 fully saturated rings. The molecule has 1 rings (SSSR count). The second kappa shape index (κ2) is 21.2. The van der Waals surface area contributed by atoms with E-state index in [0.29, 0.717) is 12.2 Å². The summed E-state index contributed by atoms with van der Waals surface area (Å²) in [5.41, 5.74) is 0.688. The predicted octanol–water partition coefficient (Wildman–Crippen LogP) is 8.95. The summed E-state index contributed by atoms with van der Waals surface area (Å²) >= 11 is 0. The summed E-state index contributed by atoms with van der Waals surface area (Å²) in [5.74, 6) is 0.199. The molecule has 0 saturated heterocycles. The lowest BCUT2D eigenvalue weighted by Gasteiger charge is -2.07. The molecule has 0 atom stereocenters. The van der Waals surface area contributed by atoms with Crippen molar-refractivity contribution in [1.29, 1.82) is 0 Å². The Morgan fingerprint density at radius 3 is 1.41 bits per heavy atom. The summed E-state index contributed by atoms with van der Waals surface area (Å²) in [7, 11) is 0. The van der Waals surface area contributed by atoms with E-state index in [1.165, 1.54) is 116 Å². The lowest BCUT2D eigenvalue weighted by Crippen LogP contribution is -2.29. The topological polar surface area (TPSA) is 61.4 Å². The molecular formula is C28H50N2O2. The molecule has 0 heterocycles. The minimum Gasteiger partial charge on any atom is -0.508 e. The number of benzene rings is 1. The van der Waals surface area contributed by atoms with Crippen LogP contribution in [0.3, 0.4) is 0 Å². The van der Waals surface area contributed by atoms with E-state index in [2.05, 4.69) is 17.6 Å². The van der Waals surface area contributed by atoms with Gasteiger partial charge in [-0.1, -0.05) is 122 Å². The average Bonchev–Trinajstić information content (AvgIpc) is 2.79. The minimum atomic E-state index is -0.182. The molecule has 0 aromatic heterocycles. The number of carbonyl (C=O) groups excluding carboxylic acids is 1. The molecule has 1 aromatic carbocycles. The number of phenols is 1. The second-order valence-electron chi connectivity index (χ2n) is 9.29. The lowest BCUT2D eigenvalue weighted by molar-refractivity contribution is 0.252. The highest BCUT2D eigenvalue weighted by molar-refractivity contribution is 5.89. The number of nitrogens with one attached hydrogen (secondary N) is 2. The first-order valence-corrected chi connectivity index (χ1v) is 13.6. The molecular weight excluding hydrogens is 396 g/mol. The van der Waals surface area contributed by atoms with Crippen LogP contribution >= 0.6 is 0 Å². The predicted molar refractivity (Wildman–Crippen MR) is 139 cm³/mol. The molecule has 0 aliphatic heterocycles. The average molecular weight is 447 g/mol. The zero-order valence-electron chi connectivity index (χ0n) is 20.8. The van der Waals surface area contributed by atoms with Crippen molar-refractivity contribution < 1.29 is 9.90 Å². The van der Waals surface area contributed by atoms with Gasteiger partial charge in [0.1, 0.15) is 5.75 Å². The number of rotatable bonds is 21. The number of aromatic hydroxyl groups is 1. The van der Waals surface area contributed by atoms with Crippen LogP contribution in [0.5, 0.6) is 5.75 Å². The number of unbranched alkanes of at least 4 members (excludes halogenated alkanes) is 18. The lowest BCUT2D eigenvalue weighted by atomic mass is 10.0. The fourth-order valence-corrected chi connectivity index (χ4v) is 4.13. The Morgan fingerprint density at radius 1 is 0.625 bits per heavy atom. The zero-order chi connectivity index (χ0) is 23.1. The van der Waals surface area contributed by atoms with Crippen molar-refractivity contribution in [2.75, 3.05) is 11.9 Å². The third kappa shape index (κ3) is 17.9. The Labute approximate surface area is 198 Å². The van der Waals surface area contributed by atoms with Gasteiger partial charge in [-0.3, -0.25) is 0 Å². The Hall–Kier alpha value is -1.71. The molecule has 0 spiro atoms. The van der Waals surface area contributed by atoms with Crippen LogP contribution in [0.25, 0.3) is 0 Å². The van der Waals surface area contributed by atoms with Gasteiger partial charge in [0.05, 0.1) is 0 Å². The van der Waals surface area contributed by atoms with Gasteiger partial charge in [-0.05, 0) is 30.7 Å². The van der Waals surface area contributed by atoms with Crippen molar-refractivity contribution >= 4 is 11.7 Å². The van der Waals surface area contributed by atoms with Crippen LogP contribution < -0.4 is 10.6 Å². The smallest absolute Gasteiger partial charge is 0.319 e. The molecule has 1 aromatic rings. The Morgan fingerprint density at radius 2 is 1.00 bits per heavy atom. The number of amides is 2. The number of phenolic OH excluding ortho intramolecular Hbond substituents is 1. The van der Waals surface area contributed by atoms with Gasteiger partial charge in [-0.15, -0.1) is 0 Å². The van der Waals surface area contributed by atoms with E-state index in [9.17, 15) is 9.90 Å². The molecule has 3 N–H and O–H groups in total. The van der Waals surface area contributed by atoms with Crippen LogP contribution in [0.15, 0.2) is 24.3 Å². The quantitative estimate of drug-likeness (QED) is 0.130. The van der Waals surface area contributed by atoms with Gasteiger partial charge in [-0.2, -0.15) is 0 Å². The molecule has 0 bridgehead atoms.